The van der Waals surface area contributed by atoms with Gasteiger partial charge in [-0.3, -0.25) is 5.32 Å². The summed E-state index contributed by atoms with van der Waals surface area (Å²) in [5.41, 5.74) is 4.96. The highest BCUT2D eigenvalue weighted by molar-refractivity contribution is 9.10. The van der Waals surface area contributed by atoms with Crippen LogP contribution in [0.4, 0.5) is 10.5 Å². The molecule has 0 bridgehead atoms. The number of anilines is 1. The van der Waals surface area contributed by atoms with E-state index in [1.54, 1.807) is 45.9 Å². The van der Waals surface area contributed by atoms with Crippen molar-refractivity contribution in [1.82, 2.24) is 0 Å². The van der Waals surface area contributed by atoms with Crippen LogP contribution in [0.15, 0.2) is 22.7 Å². The number of nitrogens with two attached hydrogens (primary N) is 1. The number of benzene rings is 1. The molecule has 1 amide bonds. The van der Waals surface area contributed by atoms with E-state index in [4.69, 9.17) is 10.5 Å². The molecule has 0 radical (unpaired) electrons. The molecule has 0 aromatic heterocycles. The molecular weight excluding hydrogens is 324 g/mol. The van der Waals surface area contributed by atoms with E-state index in [0.29, 0.717) is 15.7 Å². The van der Waals surface area contributed by atoms with Gasteiger partial charge >= 0.3 is 6.09 Å². The average molecular weight is 345 g/mol. The van der Waals surface area contributed by atoms with Gasteiger partial charge in [-0.15, -0.1) is 0 Å². The Labute approximate surface area is 127 Å². The van der Waals surface area contributed by atoms with E-state index in [2.05, 4.69) is 21.2 Å². The Bertz CT molecular complexity index is 496. The minimum Gasteiger partial charge on any atom is -0.444 e. The molecule has 0 heterocycles. The fraction of sp³-hybridized carbons (Fsp3) is 0.500. The molecule has 112 valence electrons. The Morgan fingerprint density at radius 2 is 2.00 bits per heavy atom. The number of rotatable bonds is 3. The van der Waals surface area contributed by atoms with Crippen molar-refractivity contribution in [2.24, 2.45) is 5.73 Å². The van der Waals surface area contributed by atoms with E-state index in [-0.39, 0.29) is 6.54 Å². The summed E-state index contributed by atoms with van der Waals surface area (Å²) in [7, 11) is 0. The molecular formula is C14H21BrN2O3. The molecule has 1 aromatic carbocycles. The van der Waals surface area contributed by atoms with E-state index < -0.39 is 17.3 Å². The van der Waals surface area contributed by atoms with Crippen LogP contribution < -0.4 is 11.1 Å². The zero-order valence-electron chi connectivity index (χ0n) is 12.2. The van der Waals surface area contributed by atoms with E-state index in [9.17, 15) is 9.90 Å². The third-order valence-electron chi connectivity index (χ3n) is 2.62. The summed E-state index contributed by atoms with van der Waals surface area (Å²) in [6, 6.07) is 5.16. The summed E-state index contributed by atoms with van der Waals surface area (Å²) in [4.78, 5) is 11.8. The van der Waals surface area contributed by atoms with Gasteiger partial charge in [-0.1, -0.05) is 6.07 Å². The van der Waals surface area contributed by atoms with Crippen LogP contribution in [0, 0.1) is 0 Å². The summed E-state index contributed by atoms with van der Waals surface area (Å²) in [5, 5.41) is 12.8. The largest absolute Gasteiger partial charge is 0.444 e. The first-order chi connectivity index (χ1) is 9.05. The number of carbonyl (C=O) groups excluding carboxylic acids is 1. The van der Waals surface area contributed by atoms with E-state index in [1.807, 2.05) is 0 Å². The highest BCUT2D eigenvalue weighted by atomic mass is 79.9. The maximum absolute atomic E-state index is 11.8. The van der Waals surface area contributed by atoms with Gasteiger partial charge in [-0.25, -0.2) is 4.79 Å². The highest BCUT2D eigenvalue weighted by Gasteiger charge is 2.23. The van der Waals surface area contributed by atoms with Gasteiger partial charge in [0.1, 0.15) is 5.60 Å². The molecule has 1 atom stereocenters. The first-order valence-corrected chi connectivity index (χ1v) is 7.07. The van der Waals surface area contributed by atoms with Crippen LogP contribution >= 0.6 is 15.9 Å². The average Bonchev–Trinajstić information content (AvgIpc) is 2.29. The second kappa shape index (κ2) is 6.11. The Hall–Kier alpha value is -1.11. The van der Waals surface area contributed by atoms with Gasteiger partial charge < -0.3 is 15.6 Å². The lowest BCUT2D eigenvalue weighted by Crippen LogP contribution is -2.31. The maximum Gasteiger partial charge on any atom is 0.412 e. The molecule has 0 saturated heterocycles. The maximum atomic E-state index is 11.8. The molecule has 0 aliphatic carbocycles. The molecule has 6 heteroatoms. The van der Waals surface area contributed by atoms with Gasteiger partial charge in [0, 0.05) is 11.0 Å². The van der Waals surface area contributed by atoms with Crippen molar-refractivity contribution in [1.29, 1.82) is 0 Å². The van der Waals surface area contributed by atoms with Crippen molar-refractivity contribution in [2.75, 3.05) is 11.9 Å². The van der Waals surface area contributed by atoms with Gasteiger partial charge in [0.05, 0.1) is 11.3 Å². The van der Waals surface area contributed by atoms with Gasteiger partial charge in [-0.05, 0) is 61.3 Å². The minimum absolute atomic E-state index is 0.0838. The van der Waals surface area contributed by atoms with Crippen molar-refractivity contribution in [3.8, 4) is 0 Å². The minimum atomic E-state index is -1.15. The van der Waals surface area contributed by atoms with Gasteiger partial charge in [-0.2, -0.15) is 0 Å². The van der Waals surface area contributed by atoms with E-state index >= 15 is 0 Å². The molecule has 0 fully saturated rings. The molecule has 0 saturated carbocycles. The number of hydrogen-bond acceptors (Lipinski definition) is 4. The molecule has 5 nitrogen and oxygen atoms in total. The van der Waals surface area contributed by atoms with Gasteiger partial charge in [0.25, 0.3) is 0 Å². The Morgan fingerprint density at radius 1 is 1.40 bits per heavy atom. The molecule has 20 heavy (non-hydrogen) atoms. The van der Waals surface area contributed by atoms with Crippen LogP contribution in [0.25, 0.3) is 0 Å². The summed E-state index contributed by atoms with van der Waals surface area (Å²) in [5.74, 6) is 0. The Kier molecular flexibility index (Phi) is 5.18. The smallest absolute Gasteiger partial charge is 0.412 e. The molecule has 4 N–H and O–H groups in total. The van der Waals surface area contributed by atoms with Crippen molar-refractivity contribution >= 4 is 27.7 Å². The number of nitrogens with one attached hydrogen (secondary N) is 1. The van der Waals surface area contributed by atoms with Crippen LogP contribution in [0.2, 0.25) is 0 Å². The van der Waals surface area contributed by atoms with Crippen molar-refractivity contribution in [3.05, 3.63) is 28.2 Å². The van der Waals surface area contributed by atoms with Crippen molar-refractivity contribution in [3.63, 3.8) is 0 Å². The van der Waals surface area contributed by atoms with Crippen molar-refractivity contribution in [2.45, 2.75) is 38.9 Å². The zero-order valence-corrected chi connectivity index (χ0v) is 13.7. The van der Waals surface area contributed by atoms with Crippen LogP contribution in [0.3, 0.4) is 0 Å². The topological polar surface area (TPSA) is 84.6 Å². The second-order valence-electron chi connectivity index (χ2n) is 5.80. The summed E-state index contributed by atoms with van der Waals surface area (Å²) in [6.07, 6.45) is -0.553. The quantitative estimate of drug-likeness (QED) is 0.786. The van der Waals surface area contributed by atoms with Crippen LogP contribution in [0.5, 0.6) is 0 Å². The lowest BCUT2D eigenvalue weighted by Gasteiger charge is -2.23. The Morgan fingerprint density at radius 3 is 2.50 bits per heavy atom. The summed E-state index contributed by atoms with van der Waals surface area (Å²) >= 11 is 3.34. The Balaban J connectivity index is 2.96. The predicted molar refractivity (Wildman–Crippen MR) is 82.6 cm³/mol. The molecule has 1 rings (SSSR count). The molecule has 1 unspecified atom stereocenters. The summed E-state index contributed by atoms with van der Waals surface area (Å²) < 4.78 is 5.88. The third-order valence-corrected chi connectivity index (χ3v) is 3.31. The lowest BCUT2D eigenvalue weighted by molar-refractivity contribution is 0.0629. The normalized spacial score (nSPS) is 14.6. The fourth-order valence-corrected chi connectivity index (χ4v) is 1.83. The molecule has 0 aliphatic heterocycles. The first-order valence-electron chi connectivity index (χ1n) is 6.27. The molecule has 1 aromatic rings. The number of halogens is 1. The van der Waals surface area contributed by atoms with Crippen LogP contribution in [-0.4, -0.2) is 23.3 Å². The molecule has 0 aliphatic rings. The van der Waals surface area contributed by atoms with E-state index in [1.165, 1.54) is 0 Å². The van der Waals surface area contributed by atoms with Gasteiger partial charge in [0.15, 0.2) is 0 Å². The first kappa shape index (κ1) is 16.9. The monoisotopic (exact) mass is 344 g/mol. The summed E-state index contributed by atoms with van der Waals surface area (Å²) in [6.45, 7) is 7.07. The highest BCUT2D eigenvalue weighted by Crippen LogP contribution is 2.29. The number of aliphatic hydroxyl groups is 1. The van der Waals surface area contributed by atoms with Crippen LogP contribution in [-0.2, 0) is 10.3 Å². The van der Waals surface area contributed by atoms with Crippen molar-refractivity contribution < 1.29 is 14.6 Å². The molecule has 0 spiro atoms. The van der Waals surface area contributed by atoms with E-state index in [0.717, 1.165) is 0 Å². The third kappa shape index (κ3) is 4.77. The zero-order chi connectivity index (χ0) is 15.6. The SMILES string of the molecule is CC(C)(C)OC(=O)Nc1cc(C(C)(O)CN)ccc1Br. The number of amides is 1. The lowest BCUT2D eigenvalue weighted by atomic mass is 9.96. The predicted octanol–water partition coefficient (Wildman–Crippen LogP) is 2.96. The van der Waals surface area contributed by atoms with Crippen LogP contribution in [0.1, 0.15) is 33.3 Å². The van der Waals surface area contributed by atoms with Gasteiger partial charge in [0.2, 0.25) is 0 Å². The fourth-order valence-electron chi connectivity index (χ4n) is 1.49. The number of hydrogen-bond donors (Lipinski definition) is 3. The number of ether oxygens (including phenoxy) is 1. The standard InChI is InChI=1S/C14H21BrN2O3/c1-13(2,3)20-12(18)17-11-7-9(5-6-10(11)15)14(4,19)8-16/h5-7,19H,8,16H2,1-4H3,(H,17,18). The second-order valence-corrected chi connectivity index (χ2v) is 6.65. The number of carbonyl (C=O) groups is 1.